The molecule has 0 saturated heterocycles. The first-order valence-corrected chi connectivity index (χ1v) is 5.49. The third-order valence-corrected chi connectivity index (χ3v) is 3.99. The van der Waals surface area contributed by atoms with E-state index in [0.717, 1.165) is 19.3 Å². The molecule has 2 unspecified atom stereocenters. The molecule has 0 spiro atoms. The monoisotopic (exact) mass is 216 g/mol. The molecule has 0 heterocycles. The summed E-state index contributed by atoms with van der Waals surface area (Å²) in [6.45, 7) is 2.12. The van der Waals surface area contributed by atoms with Gasteiger partial charge in [0, 0.05) is 26.7 Å². The zero-order chi connectivity index (χ0) is 11.7. The molecule has 0 aromatic heterocycles. The Labute approximate surface area is 92.7 Å². The van der Waals surface area contributed by atoms with Crippen LogP contribution in [0.2, 0.25) is 0 Å². The zero-order valence-corrected chi connectivity index (χ0v) is 10.5. The first-order valence-electron chi connectivity index (χ1n) is 5.49. The van der Waals surface area contributed by atoms with Gasteiger partial charge in [-0.05, 0) is 33.9 Å². The topological polar surface area (TPSA) is 47.7 Å². The average Bonchev–Trinajstić information content (AvgIpc) is 2.56. The van der Waals surface area contributed by atoms with Crippen molar-refractivity contribution in [2.45, 2.75) is 43.6 Å². The second-order valence-electron chi connectivity index (χ2n) is 4.69. The number of rotatable bonds is 4. The molecular weight excluding hydrogens is 192 g/mol. The average molecular weight is 216 g/mol. The lowest BCUT2D eigenvalue weighted by molar-refractivity contribution is -0.243. The van der Waals surface area contributed by atoms with Gasteiger partial charge in [-0.3, -0.25) is 0 Å². The van der Waals surface area contributed by atoms with Crippen LogP contribution >= 0.6 is 0 Å². The van der Waals surface area contributed by atoms with Crippen molar-refractivity contribution < 1.29 is 9.47 Å². The fourth-order valence-corrected chi connectivity index (χ4v) is 2.69. The predicted octanol–water partition coefficient (Wildman–Crippen LogP) is 0.807. The molecule has 4 nitrogen and oxygen atoms in total. The van der Waals surface area contributed by atoms with Crippen LogP contribution in [0.1, 0.15) is 26.2 Å². The van der Waals surface area contributed by atoms with Crippen molar-refractivity contribution in [2.24, 2.45) is 5.73 Å². The van der Waals surface area contributed by atoms with E-state index >= 15 is 0 Å². The Kier molecular flexibility index (Phi) is 3.76. The van der Waals surface area contributed by atoms with Gasteiger partial charge >= 0.3 is 0 Å². The highest BCUT2D eigenvalue weighted by atomic mass is 16.7. The van der Waals surface area contributed by atoms with E-state index in [2.05, 4.69) is 11.8 Å². The Bertz CT molecular complexity index is 217. The van der Waals surface area contributed by atoms with Gasteiger partial charge in [0.05, 0.1) is 5.54 Å². The molecule has 1 rings (SSSR count). The number of nitrogens with zero attached hydrogens (tertiary/aromatic N) is 1. The Balaban J connectivity index is 2.99. The Morgan fingerprint density at radius 2 is 1.73 bits per heavy atom. The van der Waals surface area contributed by atoms with Crippen LogP contribution in [0.4, 0.5) is 0 Å². The normalized spacial score (nSPS) is 32.2. The third kappa shape index (κ3) is 1.80. The fourth-order valence-electron chi connectivity index (χ4n) is 2.69. The zero-order valence-electron chi connectivity index (χ0n) is 10.5. The highest BCUT2D eigenvalue weighted by Crippen LogP contribution is 2.43. The smallest absolute Gasteiger partial charge is 0.187 e. The van der Waals surface area contributed by atoms with Crippen LogP contribution in [-0.4, -0.2) is 50.6 Å². The van der Waals surface area contributed by atoms with E-state index in [0.29, 0.717) is 0 Å². The SMILES string of the molecule is COC1(OC)CCCC1(N)C(C)N(C)C. The van der Waals surface area contributed by atoms with Crippen molar-refractivity contribution in [3.05, 3.63) is 0 Å². The van der Waals surface area contributed by atoms with Gasteiger partial charge in [-0.25, -0.2) is 0 Å². The molecule has 0 radical (unpaired) electrons. The summed E-state index contributed by atoms with van der Waals surface area (Å²) in [6.07, 6.45) is 2.86. The van der Waals surface area contributed by atoms with E-state index < -0.39 is 11.3 Å². The Hall–Kier alpha value is -0.160. The molecule has 1 saturated carbocycles. The molecule has 1 fully saturated rings. The summed E-state index contributed by atoms with van der Waals surface area (Å²) in [7, 11) is 7.43. The largest absolute Gasteiger partial charge is 0.351 e. The molecule has 4 heteroatoms. The van der Waals surface area contributed by atoms with Crippen molar-refractivity contribution >= 4 is 0 Å². The highest BCUT2D eigenvalue weighted by Gasteiger charge is 2.57. The van der Waals surface area contributed by atoms with E-state index in [1.54, 1.807) is 14.2 Å². The number of likely N-dealkylation sites (N-methyl/N-ethyl adjacent to an activating group) is 1. The molecule has 0 amide bonds. The van der Waals surface area contributed by atoms with Gasteiger partial charge in [-0.2, -0.15) is 0 Å². The van der Waals surface area contributed by atoms with E-state index in [4.69, 9.17) is 15.2 Å². The lowest BCUT2D eigenvalue weighted by Gasteiger charge is -2.46. The van der Waals surface area contributed by atoms with Crippen LogP contribution in [0, 0.1) is 0 Å². The molecule has 0 aromatic rings. The van der Waals surface area contributed by atoms with Crippen LogP contribution in [-0.2, 0) is 9.47 Å². The summed E-state index contributed by atoms with van der Waals surface area (Å²) in [5.41, 5.74) is 6.08. The second-order valence-corrected chi connectivity index (χ2v) is 4.69. The van der Waals surface area contributed by atoms with Gasteiger partial charge < -0.3 is 20.1 Å². The molecule has 90 valence electrons. The summed E-state index contributed by atoms with van der Waals surface area (Å²) in [4.78, 5) is 2.12. The summed E-state index contributed by atoms with van der Waals surface area (Å²) in [5, 5.41) is 0. The van der Waals surface area contributed by atoms with Crippen LogP contribution in [0.15, 0.2) is 0 Å². The quantitative estimate of drug-likeness (QED) is 0.706. The Morgan fingerprint density at radius 1 is 1.20 bits per heavy atom. The van der Waals surface area contributed by atoms with Gasteiger partial charge in [0.1, 0.15) is 0 Å². The van der Waals surface area contributed by atoms with Gasteiger partial charge in [-0.15, -0.1) is 0 Å². The standard InChI is InChI=1S/C11H24N2O2/c1-9(13(2)3)10(12)7-6-8-11(10,14-4)15-5/h9H,6-8,12H2,1-5H3. The lowest BCUT2D eigenvalue weighted by atomic mass is 9.84. The van der Waals surface area contributed by atoms with Crippen molar-refractivity contribution in [2.75, 3.05) is 28.3 Å². The maximum absolute atomic E-state index is 6.51. The van der Waals surface area contributed by atoms with Crippen LogP contribution in [0.3, 0.4) is 0 Å². The predicted molar refractivity (Wildman–Crippen MR) is 60.7 cm³/mol. The number of methoxy groups -OCH3 is 2. The summed E-state index contributed by atoms with van der Waals surface area (Å²) >= 11 is 0. The molecule has 0 aromatic carbocycles. The van der Waals surface area contributed by atoms with Crippen molar-refractivity contribution in [3.63, 3.8) is 0 Å². The number of hydrogen-bond acceptors (Lipinski definition) is 4. The van der Waals surface area contributed by atoms with E-state index in [9.17, 15) is 0 Å². The number of nitrogens with two attached hydrogens (primary N) is 1. The van der Waals surface area contributed by atoms with Crippen LogP contribution in [0.25, 0.3) is 0 Å². The minimum absolute atomic E-state index is 0.222. The molecule has 0 aliphatic heterocycles. The highest BCUT2D eigenvalue weighted by molar-refractivity contribution is 5.09. The Morgan fingerprint density at radius 3 is 2.13 bits per heavy atom. The number of hydrogen-bond donors (Lipinski definition) is 1. The van der Waals surface area contributed by atoms with Crippen molar-refractivity contribution in [1.29, 1.82) is 0 Å². The van der Waals surface area contributed by atoms with E-state index in [1.807, 2.05) is 14.1 Å². The first-order chi connectivity index (χ1) is 6.93. The molecule has 2 atom stereocenters. The van der Waals surface area contributed by atoms with Crippen molar-refractivity contribution in [3.8, 4) is 0 Å². The summed E-state index contributed by atoms with van der Waals surface area (Å²) in [6, 6.07) is 0.222. The minimum Gasteiger partial charge on any atom is -0.351 e. The lowest BCUT2D eigenvalue weighted by Crippen LogP contribution is -2.67. The maximum atomic E-state index is 6.51. The molecule has 1 aliphatic carbocycles. The van der Waals surface area contributed by atoms with Crippen LogP contribution in [0.5, 0.6) is 0 Å². The molecule has 2 N–H and O–H groups in total. The number of ether oxygens (including phenoxy) is 2. The second kappa shape index (κ2) is 4.37. The van der Waals surface area contributed by atoms with Crippen molar-refractivity contribution in [1.82, 2.24) is 4.90 Å². The van der Waals surface area contributed by atoms with E-state index in [1.165, 1.54) is 0 Å². The summed E-state index contributed by atoms with van der Waals surface area (Å²) < 4.78 is 11.1. The fraction of sp³-hybridized carbons (Fsp3) is 1.00. The molecule has 0 bridgehead atoms. The third-order valence-electron chi connectivity index (χ3n) is 3.99. The molecule has 1 aliphatic rings. The molecular formula is C11H24N2O2. The summed E-state index contributed by atoms with van der Waals surface area (Å²) in [5.74, 6) is -0.628. The van der Waals surface area contributed by atoms with Gasteiger partial charge in [0.15, 0.2) is 5.79 Å². The van der Waals surface area contributed by atoms with Gasteiger partial charge in [0.2, 0.25) is 0 Å². The first kappa shape index (κ1) is 12.9. The van der Waals surface area contributed by atoms with Gasteiger partial charge in [0.25, 0.3) is 0 Å². The minimum atomic E-state index is -0.628. The van der Waals surface area contributed by atoms with Gasteiger partial charge in [-0.1, -0.05) is 0 Å². The van der Waals surface area contributed by atoms with E-state index in [-0.39, 0.29) is 6.04 Å². The van der Waals surface area contributed by atoms with Crippen LogP contribution < -0.4 is 5.73 Å². The maximum Gasteiger partial charge on any atom is 0.187 e. The molecule has 15 heavy (non-hydrogen) atoms.